The molecule has 1 amide bonds. The molecule has 9 heteroatoms. The van der Waals surface area contributed by atoms with E-state index in [4.69, 9.17) is 11.6 Å². The minimum absolute atomic E-state index is 0.0727. The number of hydrogen-bond acceptors (Lipinski definition) is 4. The van der Waals surface area contributed by atoms with Crippen LogP contribution in [0.15, 0.2) is 76.5 Å². The number of carbonyl (C=O) groups is 1. The number of benzene rings is 3. The zero-order valence-corrected chi connectivity index (χ0v) is 19.2. The highest BCUT2D eigenvalue weighted by molar-refractivity contribution is 7.98. The molecule has 0 aliphatic carbocycles. The monoisotopic (exact) mass is 478 g/mol. The number of sulfonamides is 1. The van der Waals surface area contributed by atoms with Crippen molar-refractivity contribution in [2.24, 2.45) is 0 Å². The second-order valence-electron chi connectivity index (χ2n) is 6.70. The number of carbonyl (C=O) groups excluding carboxylic acids is 1. The molecule has 3 aromatic carbocycles. The molecule has 162 valence electrons. The van der Waals surface area contributed by atoms with Crippen LogP contribution in [-0.4, -0.2) is 27.1 Å². The lowest BCUT2D eigenvalue weighted by Gasteiger charge is -2.24. The van der Waals surface area contributed by atoms with Gasteiger partial charge in [-0.05, 0) is 67.8 Å². The Morgan fingerprint density at radius 3 is 2.29 bits per heavy atom. The average molecular weight is 479 g/mol. The fourth-order valence-electron chi connectivity index (χ4n) is 2.81. The number of nitrogens with zero attached hydrogens (tertiary/aromatic N) is 1. The maximum atomic E-state index is 13.4. The van der Waals surface area contributed by atoms with Crippen molar-refractivity contribution < 1.29 is 17.6 Å². The van der Waals surface area contributed by atoms with Gasteiger partial charge in [-0.1, -0.05) is 29.3 Å². The Balaban J connectivity index is 1.92. The Morgan fingerprint density at radius 1 is 1.06 bits per heavy atom. The van der Waals surface area contributed by atoms with Gasteiger partial charge in [0, 0.05) is 10.6 Å². The third-order valence-corrected chi connectivity index (χ3v) is 7.28. The Hall–Kier alpha value is -2.55. The molecule has 3 rings (SSSR count). The molecule has 0 spiro atoms. The summed E-state index contributed by atoms with van der Waals surface area (Å²) < 4.78 is 41.2. The first-order valence-corrected chi connectivity index (χ1v) is 12.2. The van der Waals surface area contributed by atoms with Crippen LogP contribution in [-0.2, 0) is 14.8 Å². The summed E-state index contributed by atoms with van der Waals surface area (Å²) in [4.78, 5) is 13.7. The van der Waals surface area contributed by atoms with Gasteiger partial charge in [0.25, 0.3) is 10.0 Å². The molecule has 0 heterocycles. The van der Waals surface area contributed by atoms with Crippen molar-refractivity contribution in [3.8, 4) is 0 Å². The van der Waals surface area contributed by atoms with Gasteiger partial charge in [0.1, 0.15) is 12.4 Å². The summed E-state index contributed by atoms with van der Waals surface area (Å²) in [6, 6.07) is 17.0. The summed E-state index contributed by atoms with van der Waals surface area (Å²) in [5.74, 6) is -1.20. The molecule has 0 aromatic heterocycles. The lowest BCUT2D eigenvalue weighted by Crippen LogP contribution is -2.38. The predicted octanol–water partition coefficient (Wildman–Crippen LogP) is 5.34. The standard InChI is InChI=1S/C22H20ClFN2O3S2/c1-15-3-6-17(7-4-15)26(31(28,29)19-10-8-18(30-2)9-11-19)14-22(27)25-16-5-12-21(24)20(23)13-16/h3-13H,14H2,1-2H3,(H,25,27). The van der Waals surface area contributed by atoms with E-state index in [1.807, 2.05) is 13.2 Å². The minimum atomic E-state index is -4.02. The number of rotatable bonds is 7. The van der Waals surface area contributed by atoms with Crippen LogP contribution in [0.3, 0.4) is 0 Å². The topological polar surface area (TPSA) is 66.5 Å². The fourth-order valence-corrected chi connectivity index (χ4v) is 4.82. The van der Waals surface area contributed by atoms with Gasteiger partial charge in [0.05, 0.1) is 15.6 Å². The lowest BCUT2D eigenvalue weighted by atomic mass is 10.2. The van der Waals surface area contributed by atoms with Gasteiger partial charge >= 0.3 is 0 Å². The Kier molecular flexibility index (Phi) is 7.25. The number of nitrogens with one attached hydrogen (secondary N) is 1. The first-order chi connectivity index (χ1) is 14.7. The third-order valence-electron chi connectivity index (χ3n) is 4.46. The molecule has 31 heavy (non-hydrogen) atoms. The second kappa shape index (κ2) is 9.72. The molecule has 0 saturated heterocycles. The molecule has 3 aromatic rings. The van der Waals surface area contributed by atoms with E-state index in [0.717, 1.165) is 20.8 Å². The molecule has 5 nitrogen and oxygen atoms in total. The maximum Gasteiger partial charge on any atom is 0.264 e. The van der Waals surface area contributed by atoms with Crippen molar-refractivity contribution >= 4 is 50.7 Å². The Labute approximate surface area is 190 Å². The van der Waals surface area contributed by atoms with Crippen LogP contribution in [0.5, 0.6) is 0 Å². The summed E-state index contributed by atoms with van der Waals surface area (Å²) in [6.45, 7) is 1.42. The van der Waals surface area contributed by atoms with Gasteiger partial charge in [-0.2, -0.15) is 0 Å². The minimum Gasteiger partial charge on any atom is -0.324 e. The number of aryl methyl sites for hydroxylation is 1. The molecule has 0 bridgehead atoms. The SMILES string of the molecule is CSc1ccc(S(=O)(=O)N(CC(=O)Nc2ccc(F)c(Cl)c2)c2ccc(C)cc2)cc1. The van der Waals surface area contributed by atoms with E-state index in [-0.39, 0.29) is 15.6 Å². The normalized spacial score (nSPS) is 11.2. The quantitative estimate of drug-likeness (QED) is 0.465. The van der Waals surface area contributed by atoms with E-state index in [1.165, 1.54) is 36.0 Å². The zero-order valence-electron chi connectivity index (χ0n) is 16.8. The molecule has 0 radical (unpaired) electrons. The van der Waals surface area contributed by atoms with Crippen molar-refractivity contribution in [1.82, 2.24) is 0 Å². The van der Waals surface area contributed by atoms with E-state index in [1.54, 1.807) is 36.4 Å². The van der Waals surface area contributed by atoms with Crippen LogP contribution in [0.1, 0.15) is 5.56 Å². The van der Waals surface area contributed by atoms with Gasteiger partial charge in [0.2, 0.25) is 5.91 Å². The number of anilines is 2. The van der Waals surface area contributed by atoms with E-state index >= 15 is 0 Å². The summed E-state index contributed by atoms with van der Waals surface area (Å²) in [5.41, 5.74) is 1.57. The molecule has 0 aliphatic rings. The van der Waals surface area contributed by atoms with Crippen LogP contribution in [0.25, 0.3) is 0 Å². The predicted molar refractivity (Wildman–Crippen MR) is 124 cm³/mol. The van der Waals surface area contributed by atoms with Crippen molar-refractivity contribution in [2.45, 2.75) is 16.7 Å². The first-order valence-electron chi connectivity index (χ1n) is 9.19. The molecule has 0 aliphatic heterocycles. The fraction of sp³-hybridized carbons (Fsp3) is 0.136. The number of amides is 1. The van der Waals surface area contributed by atoms with Crippen LogP contribution in [0.4, 0.5) is 15.8 Å². The van der Waals surface area contributed by atoms with Crippen molar-refractivity contribution in [1.29, 1.82) is 0 Å². The van der Waals surface area contributed by atoms with Gasteiger partial charge in [-0.15, -0.1) is 11.8 Å². The number of hydrogen-bond donors (Lipinski definition) is 1. The summed E-state index contributed by atoms with van der Waals surface area (Å²) >= 11 is 7.26. The van der Waals surface area contributed by atoms with Gasteiger partial charge in [-0.25, -0.2) is 12.8 Å². The molecule has 0 fully saturated rings. The highest BCUT2D eigenvalue weighted by Gasteiger charge is 2.27. The summed E-state index contributed by atoms with van der Waals surface area (Å²) in [5, 5.41) is 2.42. The van der Waals surface area contributed by atoms with E-state index in [0.29, 0.717) is 5.69 Å². The first kappa shape index (κ1) is 23.1. The van der Waals surface area contributed by atoms with Crippen LogP contribution in [0.2, 0.25) is 5.02 Å². The lowest BCUT2D eigenvalue weighted by molar-refractivity contribution is -0.114. The highest BCUT2D eigenvalue weighted by Crippen LogP contribution is 2.26. The van der Waals surface area contributed by atoms with Crippen molar-refractivity contribution in [3.05, 3.63) is 83.1 Å². The third kappa shape index (κ3) is 5.58. The zero-order chi connectivity index (χ0) is 22.6. The highest BCUT2D eigenvalue weighted by atomic mass is 35.5. The van der Waals surface area contributed by atoms with Crippen LogP contribution >= 0.6 is 23.4 Å². The number of halogens is 2. The molecule has 0 atom stereocenters. The molecular formula is C22H20ClFN2O3S2. The average Bonchev–Trinajstić information content (AvgIpc) is 2.75. The maximum absolute atomic E-state index is 13.4. The number of thioether (sulfide) groups is 1. The van der Waals surface area contributed by atoms with Gasteiger partial charge < -0.3 is 5.32 Å². The Morgan fingerprint density at radius 2 is 1.71 bits per heavy atom. The smallest absolute Gasteiger partial charge is 0.264 e. The summed E-state index contributed by atoms with van der Waals surface area (Å²) in [6.07, 6.45) is 1.90. The molecule has 0 unspecified atom stereocenters. The molecular weight excluding hydrogens is 459 g/mol. The van der Waals surface area contributed by atoms with Crippen LogP contribution in [0, 0.1) is 12.7 Å². The Bertz CT molecular complexity index is 1180. The van der Waals surface area contributed by atoms with Crippen LogP contribution < -0.4 is 9.62 Å². The summed E-state index contributed by atoms with van der Waals surface area (Å²) in [7, 11) is -4.02. The van der Waals surface area contributed by atoms with E-state index < -0.39 is 28.3 Å². The largest absolute Gasteiger partial charge is 0.324 e. The molecule has 0 saturated carbocycles. The van der Waals surface area contributed by atoms with E-state index in [9.17, 15) is 17.6 Å². The van der Waals surface area contributed by atoms with Gasteiger partial charge in [0.15, 0.2) is 0 Å². The van der Waals surface area contributed by atoms with Crippen molar-refractivity contribution in [3.63, 3.8) is 0 Å². The van der Waals surface area contributed by atoms with Crippen molar-refractivity contribution in [2.75, 3.05) is 22.4 Å². The molecule has 1 N–H and O–H groups in total. The van der Waals surface area contributed by atoms with Gasteiger partial charge in [-0.3, -0.25) is 9.10 Å². The van der Waals surface area contributed by atoms with E-state index in [2.05, 4.69) is 5.32 Å². The second-order valence-corrected chi connectivity index (χ2v) is 9.85.